The fourth-order valence-electron chi connectivity index (χ4n) is 2.05. The molecule has 1 aliphatic rings. The van der Waals surface area contributed by atoms with E-state index in [1.54, 1.807) is 0 Å². The summed E-state index contributed by atoms with van der Waals surface area (Å²) in [5, 5.41) is 14.8. The Hall–Kier alpha value is -0.910. The molecular formula is C13H24N2O3S. The van der Waals surface area contributed by atoms with E-state index in [1.165, 1.54) is 12.8 Å². The highest BCUT2D eigenvalue weighted by Gasteiger charge is 2.20. The van der Waals surface area contributed by atoms with E-state index in [0.717, 1.165) is 25.0 Å². The van der Waals surface area contributed by atoms with Crippen LogP contribution >= 0.6 is 11.8 Å². The number of hydrogen-bond donors (Lipinski definition) is 3. The Balaban J connectivity index is 2.25. The summed E-state index contributed by atoms with van der Waals surface area (Å²) in [7, 11) is 0. The van der Waals surface area contributed by atoms with Gasteiger partial charge >= 0.3 is 12.0 Å². The van der Waals surface area contributed by atoms with Gasteiger partial charge in [-0.25, -0.2) is 9.59 Å². The number of unbranched alkanes of at least 4 members (excludes halogenated alkanes) is 1. The fourth-order valence-corrected chi connectivity index (χ4v) is 3.29. The molecule has 1 fully saturated rings. The SMILES string of the molecule is CCCC[C@H](NC(=O)NCC1CCCCS1)C(=O)O. The van der Waals surface area contributed by atoms with E-state index < -0.39 is 12.0 Å². The van der Waals surface area contributed by atoms with Crippen LogP contribution in [0.3, 0.4) is 0 Å². The van der Waals surface area contributed by atoms with Crippen molar-refractivity contribution in [2.45, 2.75) is 56.7 Å². The Labute approximate surface area is 118 Å². The number of urea groups is 1. The Morgan fingerprint density at radius 3 is 2.79 bits per heavy atom. The molecule has 19 heavy (non-hydrogen) atoms. The van der Waals surface area contributed by atoms with Gasteiger partial charge in [-0.05, 0) is 25.0 Å². The predicted molar refractivity (Wildman–Crippen MR) is 77.6 cm³/mol. The summed E-state index contributed by atoms with van der Waals surface area (Å²) >= 11 is 1.89. The second-order valence-corrected chi connectivity index (χ2v) is 6.28. The zero-order valence-electron chi connectivity index (χ0n) is 11.5. The van der Waals surface area contributed by atoms with E-state index in [2.05, 4.69) is 10.6 Å². The van der Waals surface area contributed by atoms with Crippen LogP contribution in [-0.4, -0.2) is 40.7 Å². The average molecular weight is 288 g/mol. The fraction of sp³-hybridized carbons (Fsp3) is 0.846. The second-order valence-electron chi connectivity index (χ2n) is 4.88. The molecule has 1 heterocycles. The van der Waals surface area contributed by atoms with Gasteiger partial charge < -0.3 is 15.7 Å². The van der Waals surface area contributed by atoms with Crippen molar-refractivity contribution in [1.82, 2.24) is 10.6 Å². The van der Waals surface area contributed by atoms with Crippen molar-refractivity contribution >= 4 is 23.8 Å². The van der Waals surface area contributed by atoms with Gasteiger partial charge in [0.05, 0.1) is 0 Å². The molecule has 0 radical (unpaired) electrons. The first kappa shape index (κ1) is 16.1. The minimum atomic E-state index is -0.962. The van der Waals surface area contributed by atoms with Gasteiger partial charge in [0.2, 0.25) is 0 Å². The van der Waals surface area contributed by atoms with Crippen molar-refractivity contribution in [3.8, 4) is 0 Å². The van der Waals surface area contributed by atoms with Crippen LogP contribution in [0.25, 0.3) is 0 Å². The maximum atomic E-state index is 11.7. The Morgan fingerprint density at radius 2 is 2.21 bits per heavy atom. The van der Waals surface area contributed by atoms with Gasteiger partial charge in [-0.3, -0.25) is 0 Å². The van der Waals surface area contributed by atoms with Crippen LogP contribution in [0, 0.1) is 0 Å². The summed E-state index contributed by atoms with van der Waals surface area (Å²) in [5.41, 5.74) is 0. The molecule has 0 spiro atoms. The highest BCUT2D eigenvalue weighted by molar-refractivity contribution is 7.99. The lowest BCUT2D eigenvalue weighted by Crippen LogP contribution is -2.47. The van der Waals surface area contributed by atoms with Crippen molar-refractivity contribution in [3.05, 3.63) is 0 Å². The van der Waals surface area contributed by atoms with E-state index in [4.69, 9.17) is 5.11 Å². The Kier molecular flexibility index (Phi) is 7.70. The van der Waals surface area contributed by atoms with Crippen molar-refractivity contribution in [2.24, 2.45) is 0 Å². The lowest BCUT2D eigenvalue weighted by molar-refractivity contribution is -0.139. The van der Waals surface area contributed by atoms with Crippen LogP contribution in [-0.2, 0) is 4.79 Å². The molecule has 2 amide bonds. The molecule has 3 N–H and O–H groups in total. The molecule has 0 aromatic rings. The molecule has 110 valence electrons. The number of amides is 2. The first-order valence-corrected chi connectivity index (χ1v) is 8.07. The van der Waals surface area contributed by atoms with Gasteiger partial charge in [0.15, 0.2) is 0 Å². The molecule has 0 aromatic heterocycles. The van der Waals surface area contributed by atoms with Gasteiger partial charge in [0, 0.05) is 11.8 Å². The number of carbonyl (C=O) groups is 2. The Morgan fingerprint density at radius 1 is 1.42 bits per heavy atom. The highest BCUT2D eigenvalue weighted by Crippen LogP contribution is 2.24. The molecule has 6 heteroatoms. The van der Waals surface area contributed by atoms with E-state index >= 15 is 0 Å². The van der Waals surface area contributed by atoms with Crippen molar-refractivity contribution in [1.29, 1.82) is 0 Å². The third kappa shape index (κ3) is 6.71. The van der Waals surface area contributed by atoms with E-state index in [9.17, 15) is 9.59 Å². The molecule has 2 atom stereocenters. The van der Waals surface area contributed by atoms with Gasteiger partial charge in [0.1, 0.15) is 6.04 Å². The van der Waals surface area contributed by atoms with Crippen LogP contribution < -0.4 is 10.6 Å². The molecule has 1 rings (SSSR count). The molecule has 0 bridgehead atoms. The summed E-state index contributed by atoms with van der Waals surface area (Å²) in [4.78, 5) is 22.7. The number of rotatable bonds is 7. The topological polar surface area (TPSA) is 78.4 Å². The third-order valence-electron chi connectivity index (χ3n) is 3.21. The third-order valence-corrected chi connectivity index (χ3v) is 4.61. The zero-order chi connectivity index (χ0) is 14.1. The standard InChI is InChI=1S/C13H24N2O3S/c1-2-3-7-11(12(16)17)15-13(18)14-9-10-6-4-5-8-19-10/h10-11H,2-9H2,1H3,(H,16,17)(H2,14,15,18)/t10?,11-/m0/s1. The lowest BCUT2D eigenvalue weighted by Gasteiger charge is -2.22. The summed E-state index contributed by atoms with van der Waals surface area (Å²) < 4.78 is 0. The van der Waals surface area contributed by atoms with E-state index in [0.29, 0.717) is 18.2 Å². The molecule has 0 aromatic carbocycles. The predicted octanol–water partition coefficient (Wildman–Crippen LogP) is 2.21. The number of carbonyl (C=O) groups excluding carboxylic acids is 1. The number of nitrogens with one attached hydrogen (secondary N) is 2. The number of thioether (sulfide) groups is 1. The quantitative estimate of drug-likeness (QED) is 0.671. The summed E-state index contributed by atoms with van der Waals surface area (Å²) in [5.74, 6) is 0.193. The maximum absolute atomic E-state index is 11.7. The van der Waals surface area contributed by atoms with Crippen molar-refractivity contribution in [3.63, 3.8) is 0 Å². The van der Waals surface area contributed by atoms with Gasteiger partial charge in [-0.1, -0.05) is 26.2 Å². The number of carboxylic acids is 1. The van der Waals surface area contributed by atoms with Crippen LogP contribution in [0.1, 0.15) is 45.4 Å². The Bertz CT molecular complexity index is 294. The molecule has 1 unspecified atom stereocenters. The molecule has 5 nitrogen and oxygen atoms in total. The summed E-state index contributed by atoms with van der Waals surface area (Å²) in [6, 6.07) is -1.14. The molecule has 0 aliphatic carbocycles. The van der Waals surface area contributed by atoms with Gasteiger partial charge in [-0.2, -0.15) is 11.8 Å². The highest BCUT2D eigenvalue weighted by atomic mass is 32.2. The lowest BCUT2D eigenvalue weighted by atomic mass is 10.1. The van der Waals surface area contributed by atoms with Crippen molar-refractivity contribution in [2.75, 3.05) is 12.3 Å². The average Bonchev–Trinajstić information content (AvgIpc) is 2.42. The van der Waals surface area contributed by atoms with Gasteiger partial charge in [0.25, 0.3) is 0 Å². The van der Waals surface area contributed by atoms with Crippen LogP contribution in [0.5, 0.6) is 0 Å². The monoisotopic (exact) mass is 288 g/mol. The second kappa shape index (κ2) is 9.07. The van der Waals surface area contributed by atoms with Crippen molar-refractivity contribution < 1.29 is 14.7 Å². The van der Waals surface area contributed by atoms with Crippen LogP contribution in [0.15, 0.2) is 0 Å². The number of carboxylic acid groups (broad SMARTS) is 1. The minimum absolute atomic E-state index is 0.366. The molecular weight excluding hydrogens is 264 g/mol. The molecule has 1 aliphatic heterocycles. The first-order chi connectivity index (χ1) is 9.13. The van der Waals surface area contributed by atoms with Gasteiger partial charge in [-0.15, -0.1) is 0 Å². The maximum Gasteiger partial charge on any atom is 0.326 e. The summed E-state index contributed by atoms with van der Waals surface area (Å²) in [6.45, 7) is 2.62. The zero-order valence-corrected chi connectivity index (χ0v) is 12.3. The van der Waals surface area contributed by atoms with E-state index in [1.807, 2.05) is 18.7 Å². The van der Waals surface area contributed by atoms with Crippen LogP contribution in [0.4, 0.5) is 4.79 Å². The molecule has 1 saturated heterocycles. The largest absolute Gasteiger partial charge is 0.480 e. The minimum Gasteiger partial charge on any atom is -0.480 e. The summed E-state index contributed by atoms with van der Waals surface area (Å²) in [6.07, 6.45) is 5.81. The first-order valence-electron chi connectivity index (χ1n) is 7.02. The number of aliphatic carboxylic acids is 1. The normalized spacial score (nSPS) is 20.6. The molecule has 0 saturated carbocycles. The smallest absolute Gasteiger partial charge is 0.326 e. The van der Waals surface area contributed by atoms with E-state index in [-0.39, 0.29) is 6.03 Å². The van der Waals surface area contributed by atoms with Crippen LogP contribution in [0.2, 0.25) is 0 Å². The number of hydrogen-bond acceptors (Lipinski definition) is 3.